The highest BCUT2D eigenvalue weighted by atomic mass is 16.5. The predicted octanol–water partition coefficient (Wildman–Crippen LogP) is -2.40. The Morgan fingerprint density at radius 2 is 2.21 bits per heavy atom. The van der Waals surface area contributed by atoms with Crippen molar-refractivity contribution in [1.29, 1.82) is 0 Å². The summed E-state index contributed by atoms with van der Waals surface area (Å²) in [5, 5.41) is 30.2. The molecule has 0 bridgehead atoms. The van der Waals surface area contributed by atoms with Gasteiger partial charge in [-0.15, -0.1) is 0 Å². The standard InChI is InChI=1S/C8H15NO5/c1-4(11)9-7-5(12)3-14-6(2-10)8(7)13/h5-8,10,12-13H,2-3H2,1H3,(H,9,11)/t5-,6+,7+,8+/m0/s1. The normalized spacial score (nSPS) is 38.0. The van der Waals surface area contributed by atoms with Gasteiger partial charge in [-0.25, -0.2) is 0 Å². The fraction of sp³-hybridized carbons (Fsp3) is 0.875. The van der Waals surface area contributed by atoms with E-state index in [-0.39, 0.29) is 19.1 Å². The van der Waals surface area contributed by atoms with Crippen molar-refractivity contribution in [1.82, 2.24) is 5.32 Å². The molecular formula is C8H15NO5. The monoisotopic (exact) mass is 205 g/mol. The van der Waals surface area contributed by atoms with Gasteiger partial charge in [0.15, 0.2) is 0 Å². The Hall–Kier alpha value is -0.690. The number of amides is 1. The third-order valence-electron chi connectivity index (χ3n) is 2.19. The van der Waals surface area contributed by atoms with E-state index in [1.165, 1.54) is 6.92 Å². The van der Waals surface area contributed by atoms with E-state index in [0.717, 1.165) is 0 Å². The van der Waals surface area contributed by atoms with E-state index in [2.05, 4.69) is 5.32 Å². The molecule has 1 aliphatic rings. The maximum atomic E-state index is 10.8. The molecule has 0 radical (unpaired) electrons. The Morgan fingerprint density at radius 3 is 2.71 bits per heavy atom. The van der Waals surface area contributed by atoms with Crippen LogP contribution in [-0.2, 0) is 9.53 Å². The van der Waals surface area contributed by atoms with E-state index in [9.17, 15) is 15.0 Å². The van der Waals surface area contributed by atoms with Crippen LogP contribution in [0.3, 0.4) is 0 Å². The van der Waals surface area contributed by atoms with Crippen molar-refractivity contribution < 1.29 is 24.9 Å². The number of hydrogen-bond donors (Lipinski definition) is 4. The van der Waals surface area contributed by atoms with Gasteiger partial charge in [0.25, 0.3) is 0 Å². The SMILES string of the molecule is CC(=O)N[C@H]1[C@H](O)[C@@H](CO)OC[C@@H]1O. The van der Waals surface area contributed by atoms with Gasteiger partial charge in [0, 0.05) is 6.92 Å². The fourth-order valence-corrected chi connectivity index (χ4v) is 1.46. The van der Waals surface area contributed by atoms with Crippen LogP contribution in [0.25, 0.3) is 0 Å². The second-order valence-corrected chi connectivity index (χ2v) is 3.34. The molecule has 1 amide bonds. The Bertz CT molecular complexity index is 210. The molecule has 0 aromatic heterocycles. The summed E-state index contributed by atoms with van der Waals surface area (Å²) in [6.07, 6.45) is -2.79. The van der Waals surface area contributed by atoms with E-state index < -0.39 is 24.4 Å². The number of aliphatic hydroxyl groups excluding tert-OH is 3. The van der Waals surface area contributed by atoms with Crippen molar-refractivity contribution in [3.63, 3.8) is 0 Å². The molecule has 0 aromatic carbocycles. The van der Waals surface area contributed by atoms with Crippen LogP contribution in [0.15, 0.2) is 0 Å². The van der Waals surface area contributed by atoms with E-state index in [1.807, 2.05) is 0 Å². The smallest absolute Gasteiger partial charge is 0.217 e. The number of ether oxygens (including phenoxy) is 1. The molecule has 1 saturated heterocycles. The lowest BCUT2D eigenvalue weighted by molar-refractivity contribution is -0.158. The summed E-state index contributed by atoms with van der Waals surface area (Å²) in [4.78, 5) is 10.8. The lowest BCUT2D eigenvalue weighted by Crippen LogP contribution is -2.61. The Kier molecular flexibility index (Phi) is 3.82. The molecule has 1 heterocycles. The molecule has 82 valence electrons. The summed E-state index contributed by atoms with van der Waals surface area (Å²) in [5.41, 5.74) is 0. The molecule has 4 atom stereocenters. The first-order valence-electron chi connectivity index (χ1n) is 4.42. The molecule has 1 fully saturated rings. The van der Waals surface area contributed by atoms with Gasteiger partial charge in [-0.1, -0.05) is 0 Å². The highest BCUT2D eigenvalue weighted by Gasteiger charge is 2.38. The van der Waals surface area contributed by atoms with E-state index >= 15 is 0 Å². The minimum absolute atomic E-state index is 0.00671. The molecule has 1 aliphatic heterocycles. The first kappa shape index (κ1) is 11.4. The first-order valence-corrected chi connectivity index (χ1v) is 4.42. The number of carbonyl (C=O) groups is 1. The van der Waals surface area contributed by atoms with Gasteiger partial charge in [0.2, 0.25) is 5.91 Å². The lowest BCUT2D eigenvalue weighted by Gasteiger charge is -2.37. The maximum absolute atomic E-state index is 10.8. The van der Waals surface area contributed by atoms with Gasteiger partial charge in [-0.3, -0.25) is 4.79 Å². The molecular weight excluding hydrogens is 190 g/mol. The molecule has 6 nitrogen and oxygen atoms in total. The third kappa shape index (κ3) is 2.42. The quantitative estimate of drug-likeness (QED) is 0.403. The molecule has 14 heavy (non-hydrogen) atoms. The minimum Gasteiger partial charge on any atom is -0.394 e. The number of carbonyl (C=O) groups excluding carboxylic acids is 1. The van der Waals surface area contributed by atoms with Gasteiger partial charge in [0.1, 0.15) is 18.3 Å². The van der Waals surface area contributed by atoms with Gasteiger partial charge < -0.3 is 25.4 Å². The van der Waals surface area contributed by atoms with E-state index in [4.69, 9.17) is 9.84 Å². The zero-order valence-electron chi connectivity index (χ0n) is 7.88. The minimum atomic E-state index is -1.09. The first-order chi connectivity index (χ1) is 6.56. The summed E-state index contributed by atoms with van der Waals surface area (Å²) in [5.74, 6) is -0.341. The highest BCUT2D eigenvalue weighted by molar-refractivity contribution is 5.73. The summed E-state index contributed by atoms with van der Waals surface area (Å²) in [6.45, 7) is 0.945. The van der Waals surface area contributed by atoms with Crippen molar-refractivity contribution in [2.45, 2.75) is 31.3 Å². The van der Waals surface area contributed by atoms with E-state index in [0.29, 0.717) is 0 Å². The Labute approximate surface area is 81.5 Å². The van der Waals surface area contributed by atoms with Gasteiger partial charge >= 0.3 is 0 Å². The zero-order chi connectivity index (χ0) is 10.7. The van der Waals surface area contributed by atoms with Gasteiger partial charge in [0.05, 0.1) is 19.3 Å². The van der Waals surface area contributed by atoms with Crippen LogP contribution < -0.4 is 5.32 Å². The number of hydrogen-bond acceptors (Lipinski definition) is 5. The summed E-state index contributed by atoms with van der Waals surface area (Å²) >= 11 is 0. The summed E-state index contributed by atoms with van der Waals surface area (Å²) in [7, 11) is 0. The number of aliphatic hydroxyl groups is 3. The van der Waals surface area contributed by atoms with Crippen LogP contribution in [0.2, 0.25) is 0 Å². The second kappa shape index (κ2) is 4.70. The maximum Gasteiger partial charge on any atom is 0.217 e. The van der Waals surface area contributed by atoms with E-state index in [1.54, 1.807) is 0 Å². The molecule has 0 unspecified atom stereocenters. The molecule has 0 spiro atoms. The van der Waals surface area contributed by atoms with Crippen molar-refractivity contribution in [3.8, 4) is 0 Å². The average molecular weight is 205 g/mol. The van der Waals surface area contributed by atoms with Crippen LogP contribution in [-0.4, -0.2) is 58.8 Å². The molecule has 6 heteroatoms. The van der Waals surface area contributed by atoms with Gasteiger partial charge in [-0.05, 0) is 0 Å². The Balaban J connectivity index is 2.63. The van der Waals surface area contributed by atoms with Crippen LogP contribution in [0.4, 0.5) is 0 Å². The van der Waals surface area contributed by atoms with Crippen LogP contribution in [0, 0.1) is 0 Å². The highest BCUT2D eigenvalue weighted by Crippen LogP contribution is 2.15. The number of nitrogens with one attached hydrogen (secondary N) is 1. The van der Waals surface area contributed by atoms with Crippen molar-refractivity contribution in [2.75, 3.05) is 13.2 Å². The predicted molar refractivity (Wildman–Crippen MR) is 46.4 cm³/mol. The van der Waals surface area contributed by atoms with Crippen LogP contribution in [0.1, 0.15) is 6.92 Å². The largest absolute Gasteiger partial charge is 0.394 e. The molecule has 0 aromatic rings. The number of rotatable bonds is 2. The molecule has 0 aliphatic carbocycles. The van der Waals surface area contributed by atoms with Gasteiger partial charge in [-0.2, -0.15) is 0 Å². The zero-order valence-corrected chi connectivity index (χ0v) is 7.88. The van der Waals surface area contributed by atoms with Crippen LogP contribution in [0.5, 0.6) is 0 Å². The summed E-state index contributed by atoms with van der Waals surface area (Å²) < 4.78 is 4.96. The molecule has 1 rings (SSSR count). The third-order valence-corrected chi connectivity index (χ3v) is 2.19. The van der Waals surface area contributed by atoms with Crippen molar-refractivity contribution in [3.05, 3.63) is 0 Å². The summed E-state index contributed by atoms with van der Waals surface area (Å²) in [6, 6.07) is -0.779. The van der Waals surface area contributed by atoms with Crippen molar-refractivity contribution in [2.24, 2.45) is 0 Å². The topological polar surface area (TPSA) is 99.0 Å². The van der Waals surface area contributed by atoms with Crippen molar-refractivity contribution >= 4 is 5.91 Å². The second-order valence-electron chi connectivity index (χ2n) is 3.34. The Morgan fingerprint density at radius 1 is 1.57 bits per heavy atom. The average Bonchev–Trinajstić information content (AvgIpc) is 2.12. The molecule has 4 N–H and O–H groups in total. The fourth-order valence-electron chi connectivity index (χ4n) is 1.46. The lowest BCUT2D eigenvalue weighted by atomic mass is 9.97. The van der Waals surface area contributed by atoms with Crippen LogP contribution >= 0.6 is 0 Å². The molecule has 0 saturated carbocycles.